The molecule has 0 aliphatic rings. The minimum atomic E-state index is -0.802. The van der Waals surface area contributed by atoms with Crippen molar-refractivity contribution in [2.24, 2.45) is 0 Å². The summed E-state index contributed by atoms with van der Waals surface area (Å²) in [6.45, 7) is 1.74. The summed E-state index contributed by atoms with van der Waals surface area (Å²) in [6.07, 6.45) is 1.41. The third-order valence-corrected chi connectivity index (χ3v) is 6.26. The van der Waals surface area contributed by atoms with Gasteiger partial charge in [-0.25, -0.2) is 4.79 Å². The molecular weight excluding hydrogens is 486 g/mol. The SMILES string of the molecule is CCC(=O)Nc1nnc(SCc2cc(=O)c(OC(=O)c3cc(OC)c(OC)c(OC)c3)co2)s1. The topological polar surface area (TPSA) is 139 Å². The number of nitrogens with one attached hydrogen (secondary N) is 1. The van der Waals surface area contributed by atoms with Gasteiger partial charge in [0.25, 0.3) is 0 Å². The highest BCUT2D eigenvalue weighted by Crippen LogP contribution is 2.38. The third kappa shape index (κ3) is 6.05. The molecule has 2 heterocycles. The number of carbonyl (C=O) groups is 2. The van der Waals surface area contributed by atoms with Gasteiger partial charge in [0.05, 0.1) is 32.6 Å². The minimum Gasteiger partial charge on any atom is -0.493 e. The molecular formula is C21H21N3O8S2. The maximum absolute atomic E-state index is 12.6. The number of nitrogens with zero attached hydrogens (tertiary/aromatic N) is 2. The van der Waals surface area contributed by atoms with Crippen molar-refractivity contribution in [2.45, 2.75) is 23.4 Å². The first-order valence-corrected chi connectivity index (χ1v) is 11.6. The number of anilines is 1. The molecule has 0 unspecified atom stereocenters. The van der Waals surface area contributed by atoms with Gasteiger partial charge >= 0.3 is 5.97 Å². The molecule has 2 aromatic heterocycles. The Bertz CT molecular complexity index is 1220. The Morgan fingerprint density at radius 3 is 2.35 bits per heavy atom. The second-order valence-corrected chi connectivity index (χ2v) is 8.64. The number of hydrogen-bond donors (Lipinski definition) is 1. The van der Waals surface area contributed by atoms with Crippen molar-refractivity contribution in [2.75, 3.05) is 26.6 Å². The second-order valence-electron chi connectivity index (χ2n) is 6.44. The Morgan fingerprint density at radius 1 is 1.06 bits per heavy atom. The minimum absolute atomic E-state index is 0.0933. The molecule has 3 rings (SSSR count). The molecule has 0 saturated carbocycles. The zero-order valence-electron chi connectivity index (χ0n) is 18.7. The number of rotatable bonds is 10. The lowest BCUT2D eigenvalue weighted by Crippen LogP contribution is -2.15. The van der Waals surface area contributed by atoms with Crippen LogP contribution in [-0.4, -0.2) is 43.4 Å². The summed E-state index contributed by atoms with van der Waals surface area (Å²) in [5.41, 5.74) is -0.438. The highest BCUT2D eigenvalue weighted by atomic mass is 32.2. The van der Waals surface area contributed by atoms with Crippen LogP contribution in [0.2, 0.25) is 0 Å². The number of carbonyl (C=O) groups excluding carboxylic acids is 2. The van der Waals surface area contributed by atoms with E-state index in [1.54, 1.807) is 6.92 Å². The van der Waals surface area contributed by atoms with Crippen molar-refractivity contribution in [3.05, 3.63) is 46.0 Å². The van der Waals surface area contributed by atoms with Crippen molar-refractivity contribution in [3.8, 4) is 23.0 Å². The molecule has 0 saturated heterocycles. The van der Waals surface area contributed by atoms with Crippen LogP contribution in [0.5, 0.6) is 23.0 Å². The van der Waals surface area contributed by atoms with Crippen LogP contribution < -0.4 is 29.7 Å². The average molecular weight is 508 g/mol. The first-order valence-electron chi connectivity index (χ1n) is 9.78. The summed E-state index contributed by atoms with van der Waals surface area (Å²) in [6, 6.07) is 4.05. The summed E-state index contributed by atoms with van der Waals surface area (Å²) >= 11 is 2.49. The highest BCUT2D eigenvalue weighted by Gasteiger charge is 2.20. The Balaban J connectivity index is 1.67. The van der Waals surface area contributed by atoms with Crippen LogP contribution in [0.1, 0.15) is 29.5 Å². The standard InChI is InChI=1S/C21H21N3O8S2/c1-5-17(26)22-20-23-24-21(34-20)33-10-12-8-13(25)16(9-31-12)32-19(27)11-6-14(28-2)18(30-4)15(7-11)29-3/h6-9H,5,10H2,1-4H3,(H,22,23,26). The van der Waals surface area contributed by atoms with Gasteiger partial charge in [-0.05, 0) is 12.1 Å². The first-order chi connectivity index (χ1) is 16.4. The summed E-state index contributed by atoms with van der Waals surface area (Å²) < 4.78 is 26.9. The zero-order chi connectivity index (χ0) is 24.7. The van der Waals surface area contributed by atoms with Crippen molar-refractivity contribution in [3.63, 3.8) is 0 Å². The van der Waals surface area contributed by atoms with E-state index in [0.29, 0.717) is 27.4 Å². The maximum Gasteiger partial charge on any atom is 0.344 e. The molecule has 11 nitrogen and oxygen atoms in total. The van der Waals surface area contributed by atoms with E-state index >= 15 is 0 Å². The average Bonchev–Trinajstić information content (AvgIpc) is 3.30. The van der Waals surface area contributed by atoms with Crippen molar-refractivity contribution < 1.29 is 33.0 Å². The molecule has 3 aromatic rings. The molecule has 0 atom stereocenters. The van der Waals surface area contributed by atoms with Crippen molar-refractivity contribution in [1.29, 1.82) is 0 Å². The molecule has 0 fully saturated rings. The zero-order valence-corrected chi connectivity index (χ0v) is 20.3. The number of aromatic nitrogens is 2. The molecule has 0 radical (unpaired) electrons. The van der Waals surface area contributed by atoms with Gasteiger partial charge in [-0.3, -0.25) is 9.59 Å². The number of amides is 1. The van der Waals surface area contributed by atoms with Gasteiger partial charge in [0.2, 0.25) is 28.0 Å². The molecule has 0 aliphatic heterocycles. The third-order valence-electron chi connectivity index (χ3n) is 4.27. The summed E-state index contributed by atoms with van der Waals surface area (Å²) in [7, 11) is 4.28. The predicted octanol–water partition coefficient (Wildman–Crippen LogP) is 3.38. The fraction of sp³-hybridized carbons (Fsp3) is 0.286. The molecule has 1 N–H and O–H groups in total. The van der Waals surface area contributed by atoms with E-state index in [2.05, 4.69) is 15.5 Å². The predicted molar refractivity (Wildman–Crippen MR) is 124 cm³/mol. The largest absolute Gasteiger partial charge is 0.493 e. The fourth-order valence-electron chi connectivity index (χ4n) is 2.61. The van der Waals surface area contributed by atoms with Crippen LogP contribution in [0.25, 0.3) is 0 Å². The van der Waals surface area contributed by atoms with Crippen LogP contribution in [0.15, 0.2) is 38.0 Å². The Kier molecular flexibility index (Phi) is 8.49. The lowest BCUT2D eigenvalue weighted by atomic mass is 10.2. The lowest BCUT2D eigenvalue weighted by Gasteiger charge is -2.13. The first kappa shape index (κ1) is 25.1. The molecule has 13 heteroatoms. The molecule has 1 amide bonds. The van der Waals surface area contributed by atoms with Crippen LogP contribution >= 0.6 is 23.1 Å². The second kappa shape index (κ2) is 11.5. The van der Waals surface area contributed by atoms with E-state index in [9.17, 15) is 14.4 Å². The number of ether oxygens (including phenoxy) is 4. The number of hydrogen-bond acceptors (Lipinski definition) is 12. The van der Waals surface area contributed by atoms with Crippen molar-refractivity contribution in [1.82, 2.24) is 10.2 Å². The van der Waals surface area contributed by atoms with E-state index in [1.807, 2.05) is 0 Å². The van der Waals surface area contributed by atoms with Gasteiger partial charge in [0.15, 0.2) is 15.8 Å². The molecule has 180 valence electrons. The van der Waals surface area contributed by atoms with Gasteiger partial charge in [-0.1, -0.05) is 30.0 Å². The number of thioether (sulfide) groups is 1. The molecule has 0 spiro atoms. The van der Waals surface area contributed by atoms with Gasteiger partial charge < -0.3 is 28.7 Å². The van der Waals surface area contributed by atoms with Crippen LogP contribution in [-0.2, 0) is 10.5 Å². The lowest BCUT2D eigenvalue weighted by molar-refractivity contribution is -0.115. The molecule has 0 bridgehead atoms. The van der Waals surface area contributed by atoms with Gasteiger partial charge in [-0.15, -0.1) is 10.2 Å². The van der Waals surface area contributed by atoms with E-state index in [0.717, 1.165) is 6.26 Å². The van der Waals surface area contributed by atoms with Gasteiger partial charge in [-0.2, -0.15) is 0 Å². The van der Waals surface area contributed by atoms with Crippen LogP contribution in [0.3, 0.4) is 0 Å². The van der Waals surface area contributed by atoms with E-state index in [4.69, 9.17) is 23.4 Å². The summed E-state index contributed by atoms with van der Waals surface area (Å²) in [5.74, 6) is 0.249. The normalized spacial score (nSPS) is 10.5. The Hall–Kier alpha value is -3.58. The molecule has 0 aliphatic carbocycles. The van der Waals surface area contributed by atoms with E-state index in [-0.39, 0.29) is 34.5 Å². The van der Waals surface area contributed by atoms with Crippen molar-refractivity contribution >= 4 is 40.1 Å². The highest BCUT2D eigenvalue weighted by molar-refractivity contribution is 8.00. The quantitative estimate of drug-likeness (QED) is 0.245. The number of benzene rings is 1. The van der Waals surface area contributed by atoms with Crippen LogP contribution in [0.4, 0.5) is 5.13 Å². The summed E-state index contributed by atoms with van der Waals surface area (Å²) in [4.78, 5) is 36.4. The molecule has 1 aromatic carbocycles. The van der Waals surface area contributed by atoms with Gasteiger partial charge in [0, 0.05) is 12.5 Å². The number of methoxy groups -OCH3 is 3. The van der Waals surface area contributed by atoms with E-state index < -0.39 is 11.4 Å². The van der Waals surface area contributed by atoms with Crippen LogP contribution in [0, 0.1) is 0 Å². The Labute approximate surface area is 202 Å². The maximum atomic E-state index is 12.6. The smallest absolute Gasteiger partial charge is 0.344 e. The molecule has 34 heavy (non-hydrogen) atoms. The fourth-order valence-corrected chi connectivity index (χ4v) is 4.26. The van der Waals surface area contributed by atoms with E-state index in [1.165, 1.54) is 62.6 Å². The Morgan fingerprint density at radius 2 is 1.76 bits per heavy atom. The van der Waals surface area contributed by atoms with Gasteiger partial charge in [0.1, 0.15) is 12.0 Å². The summed E-state index contributed by atoms with van der Waals surface area (Å²) in [5, 5.41) is 10.9. The number of esters is 1. The monoisotopic (exact) mass is 507 g/mol.